The molecule has 114 valence electrons. The number of rotatable bonds is 3. The number of fused-ring (bicyclic) bond motifs is 1. The summed E-state index contributed by atoms with van der Waals surface area (Å²) in [7, 11) is 1.68. The lowest BCUT2D eigenvalue weighted by molar-refractivity contribution is -0.142. The van der Waals surface area contributed by atoms with Crippen LogP contribution in [0.1, 0.15) is 25.1 Å². The predicted molar refractivity (Wildman–Crippen MR) is 74.4 cm³/mol. The number of aromatic amines is 1. The molecule has 0 spiro atoms. The van der Waals surface area contributed by atoms with Gasteiger partial charge in [-0.2, -0.15) is 0 Å². The standard InChI is InChI=1S/C14H20N4O3/c1-17(8-11-15-5-6-16-11)14(21)18-7-9-3-2-4-10(9)12(18)13(19)20/h5-6,9-10,12H,2-4,7-8H2,1H3,(H,15,16)(H,19,20). The van der Waals surface area contributed by atoms with Gasteiger partial charge in [-0.15, -0.1) is 0 Å². The van der Waals surface area contributed by atoms with Crippen LogP contribution < -0.4 is 0 Å². The first-order valence-corrected chi connectivity index (χ1v) is 7.30. The smallest absolute Gasteiger partial charge is 0.326 e. The van der Waals surface area contributed by atoms with Gasteiger partial charge in [0.05, 0.1) is 6.54 Å². The van der Waals surface area contributed by atoms with Gasteiger partial charge in [-0.1, -0.05) is 6.42 Å². The zero-order valence-corrected chi connectivity index (χ0v) is 12.0. The number of amides is 2. The van der Waals surface area contributed by atoms with Gasteiger partial charge >= 0.3 is 12.0 Å². The lowest BCUT2D eigenvalue weighted by atomic mass is 9.94. The summed E-state index contributed by atoms with van der Waals surface area (Å²) in [6.45, 7) is 0.910. The zero-order valence-electron chi connectivity index (χ0n) is 12.0. The van der Waals surface area contributed by atoms with Crippen molar-refractivity contribution in [3.63, 3.8) is 0 Å². The molecule has 3 atom stereocenters. The summed E-state index contributed by atoms with van der Waals surface area (Å²) in [6, 6.07) is -0.905. The Hall–Kier alpha value is -2.05. The van der Waals surface area contributed by atoms with Crippen molar-refractivity contribution in [2.45, 2.75) is 31.8 Å². The molecule has 1 aliphatic heterocycles. The van der Waals surface area contributed by atoms with E-state index in [1.54, 1.807) is 19.4 Å². The Bertz CT molecular complexity index is 530. The molecule has 2 N–H and O–H groups in total. The number of H-pyrrole nitrogens is 1. The average Bonchev–Trinajstić information content (AvgIpc) is 3.12. The molecule has 3 unspecified atom stereocenters. The molecule has 1 aromatic heterocycles. The van der Waals surface area contributed by atoms with Crippen LogP contribution in [-0.2, 0) is 11.3 Å². The number of hydrogen-bond donors (Lipinski definition) is 2. The maximum absolute atomic E-state index is 12.6. The molecule has 0 aromatic carbocycles. The third-order valence-electron chi connectivity index (χ3n) is 4.66. The van der Waals surface area contributed by atoms with E-state index in [0.717, 1.165) is 19.3 Å². The number of carbonyl (C=O) groups is 2. The van der Waals surface area contributed by atoms with E-state index in [9.17, 15) is 14.7 Å². The average molecular weight is 292 g/mol. The number of urea groups is 1. The Labute approximate surface area is 122 Å². The maximum atomic E-state index is 12.6. The number of nitrogens with one attached hydrogen (secondary N) is 1. The number of imidazole rings is 1. The summed E-state index contributed by atoms with van der Waals surface area (Å²) in [4.78, 5) is 34.2. The molecule has 3 rings (SSSR count). The van der Waals surface area contributed by atoms with Crippen LogP contribution in [0.5, 0.6) is 0 Å². The number of carbonyl (C=O) groups excluding carboxylic acids is 1. The van der Waals surface area contributed by atoms with Crippen molar-refractivity contribution in [3.05, 3.63) is 18.2 Å². The van der Waals surface area contributed by atoms with E-state index >= 15 is 0 Å². The number of aliphatic carboxylic acids is 1. The number of carboxylic acid groups (broad SMARTS) is 1. The van der Waals surface area contributed by atoms with Crippen LogP contribution in [0.15, 0.2) is 12.4 Å². The highest BCUT2D eigenvalue weighted by atomic mass is 16.4. The van der Waals surface area contributed by atoms with Crippen molar-refractivity contribution in [1.82, 2.24) is 19.8 Å². The summed E-state index contributed by atoms with van der Waals surface area (Å²) < 4.78 is 0. The monoisotopic (exact) mass is 292 g/mol. The molecule has 7 heteroatoms. The Balaban J connectivity index is 1.72. The largest absolute Gasteiger partial charge is 0.480 e. The first-order chi connectivity index (χ1) is 10.1. The van der Waals surface area contributed by atoms with E-state index in [4.69, 9.17) is 0 Å². The van der Waals surface area contributed by atoms with E-state index in [-0.39, 0.29) is 11.9 Å². The minimum absolute atomic E-state index is 0.114. The van der Waals surface area contributed by atoms with Crippen LogP contribution in [-0.4, -0.2) is 56.5 Å². The van der Waals surface area contributed by atoms with Gasteiger partial charge < -0.3 is 19.9 Å². The highest BCUT2D eigenvalue weighted by Gasteiger charge is 2.50. The Morgan fingerprint density at radius 1 is 1.52 bits per heavy atom. The normalized spacial score (nSPS) is 27.7. The fourth-order valence-electron chi connectivity index (χ4n) is 3.71. The third kappa shape index (κ3) is 2.48. The van der Waals surface area contributed by atoms with Gasteiger partial charge in [-0.3, -0.25) is 0 Å². The summed E-state index contributed by atoms with van der Waals surface area (Å²) in [6.07, 6.45) is 6.35. The number of nitrogens with zero attached hydrogens (tertiary/aromatic N) is 3. The third-order valence-corrected chi connectivity index (χ3v) is 4.66. The van der Waals surface area contributed by atoms with Gasteiger partial charge in [0.1, 0.15) is 11.9 Å². The minimum Gasteiger partial charge on any atom is -0.480 e. The number of hydrogen-bond acceptors (Lipinski definition) is 3. The minimum atomic E-state index is -0.885. The van der Waals surface area contributed by atoms with E-state index < -0.39 is 12.0 Å². The number of aromatic nitrogens is 2. The van der Waals surface area contributed by atoms with E-state index in [0.29, 0.717) is 24.8 Å². The molecule has 21 heavy (non-hydrogen) atoms. The molecule has 0 bridgehead atoms. The first-order valence-electron chi connectivity index (χ1n) is 7.30. The summed E-state index contributed by atoms with van der Waals surface area (Å²) in [5.41, 5.74) is 0. The molecule has 1 saturated heterocycles. The lowest BCUT2D eigenvalue weighted by Gasteiger charge is -2.28. The number of likely N-dealkylation sites (tertiary alicyclic amines) is 1. The molecule has 1 aromatic rings. The quantitative estimate of drug-likeness (QED) is 0.874. The van der Waals surface area contributed by atoms with Gasteiger partial charge in [0, 0.05) is 26.0 Å². The molecule has 2 aliphatic rings. The Morgan fingerprint density at radius 3 is 3.00 bits per heavy atom. The summed E-state index contributed by atoms with van der Waals surface area (Å²) in [5.74, 6) is 0.261. The van der Waals surface area contributed by atoms with Gasteiger partial charge in [0.15, 0.2) is 0 Å². The highest BCUT2D eigenvalue weighted by molar-refractivity contribution is 5.83. The second-order valence-electron chi connectivity index (χ2n) is 5.96. The number of carboxylic acids is 1. The van der Waals surface area contributed by atoms with Crippen LogP contribution in [0.25, 0.3) is 0 Å². The molecule has 0 radical (unpaired) electrons. The van der Waals surface area contributed by atoms with Gasteiger partial charge in [0.2, 0.25) is 0 Å². The van der Waals surface area contributed by atoms with Crippen molar-refractivity contribution >= 4 is 12.0 Å². The highest BCUT2D eigenvalue weighted by Crippen LogP contribution is 2.42. The summed E-state index contributed by atoms with van der Waals surface area (Å²) >= 11 is 0. The van der Waals surface area contributed by atoms with E-state index in [2.05, 4.69) is 9.97 Å². The van der Waals surface area contributed by atoms with Crippen molar-refractivity contribution in [3.8, 4) is 0 Å². The van der Waals surface area contributed by atoms with Crippen LogP contribution in [0.3, 0.4) is 0 Å². The van der Waals surface area contributed by atoms with Gasteiger partial charge in [-0.05, 0) is 24.7 Å². The Kier molecular flexibility index (Phi) is 3.57. The molecule has 1 aliphatic carbocycles. The van der Waals surface area contributed by atoms with Crippen LogP contribution in [0.4, 0.5) is 4.79 Å². The van der Waals surface area contributed by atoms with Crippen molar-refractivity contribution in [1.29, 1.82) is 0 Å². The van der Waals surface area contributed by atoms with Crippen LogP contribution in [0.2, 0.25) is 0 Å². The fourth-order valence-corrected chi connectivity index (χ4v) is 3.71. The van der Waals surface area contributed by atoms with Crippen molar-refractivity contribution in [2.24, 2.45) is 11.8 Å². The Morgan fingerprint density at radius 2 is 2.33 bits per heavy atom. The molecular formula is C14H20N4O3. The SMILES string of the molecule is CN(Cc1ncc[nH]1)C(=O)N1CC2CCCC2C1C(=O)O. The second kappa shape index (κ2) is 5.38. The predicted octanol–water partition coefficient (Wildman–Crippen LogP) is 1.15. The molecule has 2 fully saturated rings. The second-order valence-corrected chi connectivity index (χ2v) is 5.96. The van der Waals surface area contributed by atoms with Gasteiger partial charge in [-0.25, -0.2) is 14.6 Å². The van der Waals surface area contributed by atoms with E-state index in [1.165, 1.54) is 9.80 Å². The molecule has 2 heterocycles. The maximum Gasteiger partial charge on any atom is 0.326 e. The molecule has 2 amide bonds. The van der Waals surface area contributed by atoms with Gasteiger partial charge in [0.25, 0.3) is 0 Å². The van der Waals surface area contributed by atoms with Crippen molar-refractivity contribution < 1.29 is 14.7 Å². The molecular weight excluding hydrogens is 272 g/mol. The van der Waals surface area contributed by atoms with Crippen LogP contribution >= 0.6 is 0 Å². The summed E-state index contributed by atoms with van der Waals surface area (Å²) in [5, 5.41) is 9.49. The molecule has 1 saturated carbocycles. The lowest BCUT2D eigenvalue weighted by Crippen LogP contribution is -2.48. The first kappa shape index (κ1) is 13.9. The van der Waals surface area contributed by atoms with E-state index in [1.807, 2.05) is 0 Å². The zero-order chi connectivity index (χ0) is 15.0. The van der Waals surface area contributed by atoms with Crippen LogP contribution in [0, 0.1) is 11.8 Å². The topological polar surface area (TPSA) is 89.5 Å². The molecule has 7 nitrogen and oxygen atoms in total. The van der Waals surface area contributed by atoms with Crippen molar-refractivity contribution in [2.75, 3.05) is 13.6 Å². The fraction of sp³-hybridized carbons (Fsp3) is 0.643.